The van der Waals surface area contributed by atoms with Crippen molar-refractivity contribution in [1.82, 2.24) is 0 Å². The Morgan fingerprint density at radius 1 is 0.759 bits per heavy atom. The Kier molecular flexibility index (Phi) is 15.1. The van der Waals surface area contributed by atoms with Gasteiger partial charge in [-0.15, -0.1) is 0 Å². The molecule has 164 valence electrons. The summed E-state index contributed by atoms with van der Waals surface area (Å²) in [6.45, 7) is 17.7. The van der Waals surface area contributed by atoms with Crippen LogP contribution in [-0.4, -0.2) is 5.11 Å². The predicted molar refractivity (Wildman–Crippen MR) is 131 cm³/mol. The molecular formula is C28H46O. The first kappa shape index (κ1) is 27.2. The lowest BCUT2D eigenvalue weighted by Crippen LogP contribution is -2.09. The largest absolute Gasteiger partial charge is 0.508 e. The third kappa shape index (κ3) is 11.1. The molecular weight excluding hydrogens is 352 g/mol. The molecule has 0 radical (unpaired) electrons. The van der Waals surface area contributed by atoms with Crippen molar-refractivity contribution in [2.45, 2.75) is 92.9 Å². The molecule has 29 heavy (non-hydrogen) atoms. The number of aromatic hydroxyl groups is 1. The highest BCUT2D eigenvalue weighted by Crippen LogP contribution is 2.30. The van der Waals surface area contributed by atoms with Crippen LogP contribution in [0.2, 0.25) is 0 Å². The third-order valence-electron chi connectivity index (χ3n) is 5.25. The zero-order valence-electron chi connectivity index (χ0n) is 20.3. The smallest absolute Gasteiger partial charge is 0.115 e. The van der Waals surface area contributed by atoms with Gasteiger partial charge < -0.3 is 5.11 Å². The highest BCUT2D eigenvalue weighted by Gasteiger charge is 2.16. The summed E-state index contributed by atoms with van der Waals surface area (Å²) in [4.78, 5) is 0. The molecule has 0 aromatic heterocycles. The van der Waals surface area contributed by atoms with Gasteiger partial charge in [-0.2, -0.15) is 0 Å². The van der Waals surface area contributed by atoms with E-state index in [1.807, 2.05) is 26.0 Å². The number of benzene rings is 2. The van der Waals surface area contributed by atoms with Crippen molar-refractivity contribution in [3.8, 4) is 5.75 Å². The van der Waals surface area contributed by atoms with Crippen LogP contribution in [0.5, 0.6) is 5.75 Å². The van der Waals surface area contributed by atoms with Crippen LogP contribution in [0, 0.1) is 11.8 Å². The molecule has 0 aliphatic rings. The lowest BCUT2D eigenvalue weighted by Gasteiger charge is -2.23. The molecule has 0 saturated heterocycles. The zero-order valence-corrected chi connectivity index (χ0v) is 20.3. The Morgan fingerprint density at radius 2 is 1.31 bits per heavy atom. The molecule has 0 bridgehead atoms. The van der Waals surface area contributed by atoms with E-state index in [1.54, 1.807) is 12.1 Å². The van der Waals surface area contributed by atoms with Gasteiger partial charge >= 0.3 is 0 Å². The van der Waals surface area contributed by atoms with Gasteiger partial charge in [-0.3, -0.25) is 0 Å². The fourth-order valence-corrected chi connectivity index (χ4v) is 3.70. The Balaban J connectivity index is 0.000000499. The summed E-state index contributed by atoms with van der Waals surface area (Å²) in [6.07, 6.45) is 4.93. The number of hydrogen-bond donors (Lipinski definition) is 1. The molecule has 2 unspecified atom stereocenters. The van der Waals surface area contributed by atoms with Crippen molar-refractivity contribution in [3.05, 3.63) is 65.7 Å². The highest BCUT2D eigenvalue weighted by molar-refractivity contribution is 5.28. The number of phenolic OH excluding ortho intramolecular Hbond substituents is 1. The fourth-order valence-electron chi connectivity index (χ4n) is 3.70. The molecule has 0 saturated carbocycles. The van der Waals surface area contributed by atoms with Gasteiger partial charge in [0.05, 0.1) is 0 Å². The van der Waals surface area contributed by atoms with Crippen LogP contribution in [0.3, 0.4) is 0 Å². The second-order valence-corrected chi connectivity index (χ2v) is 8.38. The molecule has 1 nitrogen and oxygen atoms in total. The average molecular weight is 399 g/mol. The van der Waals surface area contributed by atoms with E-state index < -0.39 is 0 Å². The van der Waals surface area contributed by atoms with Crippen molar-refractivity contribution in [3.63, 3.8) is 0 Å². The summed E-state index contributed by atoms with van der Waals surface area (Å²) in [5, 5.41) is 9.14. The maximum Gasteiger partial charge on any atom is 0.115 e. The molecule has 1 N–H and O–H groups in total. The van der Waals surface area contributed by atoms with Crippen LogP contribution < -0.4 is 0 Å². The maximum absolute atomic E-state index is 9.14. The molecule has 2 atom stereocenters. The van der Waals surface area contributed by atoms with Crippen LogP contribution in [0.15, 0.2) is 54.6 Å². The van der Waals surface area contributed by atoms with Gasteiger partial charge in [-0.05, 0) is 66.2 Å². The van der Waals surface area contributed by atoms with Crippen molar-refractivity contribution < 1.29 is 5.11 Å². The second-order valence-electron chi connectivity index (χ2n) is 8.38. The van der Waals surface area contributed by atoms with Gasteiger partial charge in [0, 0.05) is 0 Å². The molecule has 2 aromatic rings. The standard InChI is InChI=1S/C14H22.C12H18O.C2H6/c1-11(2)10-14(12(3)4)13-8-6-5-7-9-13;1-3-5-10(4-2)11-6-8-12(13)9-7-11;1-2/h5-9,11-12,14H,10H2,1-4H3;6-10,13H,3-5H2,1-2H3;1-2H3. The normalized spacial score (nSPS) is 12.5. The summed E-state index contributed by atoms with van der Waals surface area (Å²) in [5.74, 6) is 3.25. The minimum atomic E-state index is 0.357. The van der Waals surface area contributed by atoms with Crippen molar-refractivity contribution in [1.29, 1.82) is 0 Å². The Bertz CT molecular complexity index is 598. The summed E-state index contributed by atoms with van der Waals surface area (Å²) in [7, 11) is 0. The summed E-state index contributed by atoms with van der Waals surface area (Å²) < 4.78 is 0. The summed E-state index contributed by atoms with van der Waals surface area (Å²) in [5.41, 5.74) is 2.85. The van der Waals surface area contributed by atoms with Crippen LogP contribution in [0.4, 0.5) is 0 Å². The minimum absolute atomic E-state index is 0.357. The van der Waals surface area contributed by atoms with E-state index in [-0.39, 0.29) is 0 Å². The number of rotatable bonds is 8. The fraction of sp³-hybridized carbons (Fsp3) is 0.571. The molecule has 2 rings (SSSR count). The zero-order chi connectivity index (χ0) is 22.2. The molecule has 2 aromatic carbocycles. The highest BCUT2D eigenvalue weighted by atomic mass is 16.3. The summed E-state index contributed by atoms with van der Waals surface area (Å²) >= 11 is 0. The van der Waals surface area contributed by atoms with E-state index in [0.717, 1.165) is 17.8 Å². The van der Waals surface area contributed by atoms with Crippen LogP contribution in [0.25, 0.3) is 0 Å². The van der Waals surface area contributed by atoms with Gasteiger partial charge in [-0.1, -0.05) is 104 Å². The SMILES string of the molecule is CC.CC(C)CC(c1ccccc1)C(C)C.CCCC(CC)c1ccc(O)cc1. The second kappa shape index (κ2) is 16.1. The number of hydrogen-bond acceptors (Lipinski definition) is 1. The van der Waals surface area contributed by atoms with E-state index in [4.69, 9.17) is 5.11 Å². The summed E-state index contributed by atoms with van der Waals surface area (Å²) in [6, 6.07) is 18.5. The number of phenols is 1. The monoisotopic (exact) mass is 398 g/mol. The van der Waals surface area contributed by atoms with E-state index in [1.165, 1.54) is 36.8 Å². The topological polar surface area (TPSA) is 20.2 Å². The predicted octanol–water partition coefficient (Wildman–Crippen LogP) is 9.18. The van der Waals surface area contributed by atoms with Crippen molar-refractivity contribution >= 4 is 0 Å². The average Bonchev–Trinajstić information content (AvgIpc) is 2.73. The van der Waals surface area contributed by atoms with Gasteiger partial charge in [0.25, 0.3) is 0 Å². The van der Waals surface area contributed by atoms with E-state index >= 15 is 0 Å². The van der Waals surface area contributed by atoms with Gasteiger partial charge in [0.1, 0.15) is 5.75 Å². The van der Waals surface area contributed by atoms with E-state index in [9.17, 15) is 0 Å². The molecule has 1 heteroatoms. The van der Waals surface area contributed by atoms with Crippen LogP contribution in [-0.2, 0) is 0 Å². The minimum Gasteiger partial charge on any atom is -0.508 e. The molecule has 0 spiro atoms. The van der Waals surface area contributed by atoms with Gasteiger partial charge in [-0.25, -0.2) is 0 Å². The first-order chi connectivity index (χ1) is 13.9. The van der Waals surface area contributed by atoms with Gasteiger partial charge in [0.15, 0.2) is 0 Å². The van der Waals surface area contributed by atoms with E-state index in [2.05, 4.69) is 71.9 Å². The lowest BCUT2D eigenvalue weighted by atomic mass is 9.82. The first-order valence-electron chi connectivity index (χ1n) is 11.7. The Hall–Kier alpha value is -1.76. The molecule has 0 aliphatic carbocycles. The maximum atomic E-state index is 9.14. The lowest BCUT2D eigenvalue weighted by molar-refractivity contribution is 0.408. The van der Waals surface area contributed by atoms with Crippen LogP contribution >= 0.6 is 0 Å². The Labute approximate surface area is 181 Å². The Morgan fingerprint density at radius 3 is 1.72 bits per heavy atom. The van der Waals surface area contributed by atoms with Crippen molar-refractivity contribution in [2.24, 2.45) is 11.8 Å². The van der Waals surface area contributed by atoms with Crippen molar-refractivity contribution in [2.75, 3.05) is 0 Å². The first-order valence-corrected chi connectivity index (χ1v) is 11.7. The third-order valence-corrected chi connectivity index (χ3v) is 5.25. The van der Waals surface area contributed by atoms with E-state index in [0.29, 0.717) is 11.7 Å². The van der Waals surface area contributed by atoms with Crippen LogP contribution in [0.1, 0.15) is 104 Å². The quantitative estimate of drug-likeness (QED) is 0.470. The molecule has 0 aliphatic heterocycles. The molecule has 0 fully saturated rings. The van der Waals surface area contributed by atoms with Gasteiger partial charge in [0.2, 0.25) is 0 Å². The molecule has 0 heterocycles. The molecule has 0 amide bonds.